The highest BCUT2D eigenvalue weighted by molar-refractivity contribution is 14.0. The fraction of sp³-hybridized carbons (Fsp3) is 0.429. The minimum absolute atomic E-state index is 0. The van der Waals surface area contributed by atoms with Gasteiger partial charge in [-0.15, -0.1) is 24.0 Å². The lowest BCUT2D eigenvalue weighted by Crippen LogP contribution is -2.42. The Hall–Kier alpha value is -1.31. The van der Waals surface area contributed by atoms with Gasteiger partial charge in [-0.1, -0.05) is 18.2 Å². The van der Waals surface area contributed by atoms with E-state index in [1.165, 1.54) is 0 Å². The smallest absolute Gasteiger partial charge is 0.213 e. The lowest BCUT2D eigenvalue weighted by Gasteiger charge is -2.16. The zero-order valence-corrected chi connectivity index (χ0v) is 14.1. The summed E-state index contributed by atoms with van der Waals surface area (Å²) >= 11 is 0. The molecule has 5 nitrogen and oxygen atoms in total. The van der Waals surface area contributed by atoms with Gasteiger partial charge in [0, 0.05) is 19.2 Å². The molecule has 2 N–H and O–H groups in total. The third kappa shape index (κ3) is 4.99. The third-order valence-electron chi connectivity index (χ3n) is 3.00. The van der Waals surface area contributed by atoms with Crippen LogP contribution >= 0.6 is 24.0 Å². The number of aliphatic imine (C=N–C) groups is 1. The van der Waals surface area contributed by atoms with Crippen LogP contribution in [0, 0.1) is 0 Å². The Labute approximate surface area is 136 Å². The van der Waals surface area contributed by atoms with E-state index in [4.69, 9.17) is 4.74 Å². The standard InChI is InChI=1S/C14H20N4O.HI/c1-15-14(18-11-6-3-4-7-11)16-10-12-8-5-9-13(17-12)19-2;/h3-5,8-9,11H,6-7,10H2,1-2H3,(H2,15,16,18);1H. The highest BCUT2D eigenvalue weighted by Crippen LogP contribution is 2.09. The SMILES string of the molecule is CN=C(NCc1cccc(OC)n1)NC1CC=CC1.I. The van der Waals surface area contributed by atoms with Crippen molar-refractivity contribution >= 4 is 29.9 Å². The Morgan fingerprint density at radius 2 is 2.15 bits per heavy atom. The molecule has 0 fully saturated rings. The highest BCUT2D eigenvalue weighted by atomic mass is 127. The molecule has 0 aromatic carbocycles. The molecule has 1 aliphatic carbocycles. The van der Waals surface area contributed by atoms with Gasteiger partial charge in [-0.05, 0) is 18.9 Å². The maximum atomic E-state index is 5.10. The van der Waals surface area contributed by atoms with Crippen molar-refractivity contribution in [3.63, 3.8) is 0 Å². The first kappa shape index (κ1) is 16.7. The number of hydrogen-bond acceptors (Lipinski definition) is 3. The van der Waals surface area contributed by atoms with Gasteiger partial charge < -0.3 is 15.4 Å². The van der Waals surface area contributed by atoms with Gasteiger partial charge in [0.1, 0.15) is 0 Å². The maximum absolute atomic E-state index is 5.10. The van der Waals surface area contributed by atoms with E-state index in [0.717, 1.165) is 24.5 Å². The molecule has 1 aromatic rings. The Kier molecular flexibility index (Phi) is 7.35. The summed E-state index contributed by atoms with van der Waals surface area (Å²) in [6.45, 7) is 0.622. The van der Waals surface area contributed by atoms with Gasteiger partial charge in [-0.3, -0.25) is 4.99 Å². The molecule has 0 radical (unpaired) electrons. The molecule has 20 heavy (non-hydrogen) atoms. The Balaban J connectivity index is 0.00000200. The summed E-state index contributed by atoms with van der Waals surface area (Å²) < 4.78 is 5.10. The molecule has 1 heterocycles. The Morgan fingerprint density at radius 3 is 2.80 bits per heavy atom. The van der Waals surface area contributed by atoms with Crippen LogP contribution in [0.4, 0.5) is 0 Å². The molecule has 0 aliphatic heterocycles. The van der Waals surface area contributed by atoms with Crippen molar-refractivity contribution in [3.8, 4) is 5.88 Å². The van der Waals surface area contributed by atoms with Crippen molar-refractivity contribution in [2.24, 2.45) is 4.99 Å². The van der Waals surface area contributed by atoms with E-state index in [-0.39, 0.29) is 24.0 Å². The average molecular weight is 388 g/mol. The molecule has 1 aromatic heterocycles. The maximum Gasteiger partial charge on any atom is 0.213 e. The van der Waals surface area contributed by atoms with Crippen molar-refractivity contribution in [1.29, 1.82) is 0 Å². The molecule has 2 rings (SSSR count). The summed E-state index contributed by atoms with van der Waals surface area (Å²) in [5.74, 6) is 1.43. The number of aromatic nitrogens is 1. The largest absolute Gasteiger partial charge is 0.481 e. The van der Waals surface area contributed by atoms with Crippen LogP contribution in [0.25, 0.3) is 0 Å². The van der Waals surface area contributed by atoms with Gasteiger partial charge in [-0.25, -0.2) is 4.98 Å². The predicted octanol–water partition coefficient (Wildman–Crippen LogP) is 2.09. The number of halogens is 1. The topological polar surface area (TPSA) is 58.5 Å². The number of nitrogens with zero attached hydrogens (tertiary/aromatic N) is 2. The first-order valence-electron chi connectivity index (χ1n) is 6.44. The molecule has 110 valence electrons. The molecule has 0 atom stereocenters. The summed E-state index contributed by atoms with van der Waals surface area (Å²) in [7, 11) is 3.39. The minimum Gasteiger partial charge on any atom is -0.481 e. The van der Waals surface area contributed by atoms with Crippen LogP contribution in [0.1, 0.15) is 18.5 Å². The first-order chi connectivity index (χ1) is 9.31. The zero-order chi connectivity index (χ0) is 13.5. The molecule has 0 saturated heterocycles. The summed E-state index contributed by atoms with van der Waals surface area (Å²) in [6.07, 6.45) is 6.49. The number of rotatable bonds is 4. The van der Waals surface area contributed by atoms with Gasteiger partial charge in [0.15, 0.2) is 5.96 Å². The normalized spacial score (nSPS) is 14.8. The van der Waals surface area contributed by atoms with E-state index >= 15 is 0 Å². The summed E-state index contributed by atoms with van der Waals surface area (Å²) in [5.41, 5.74) is 0.923. The van der Waals surface area contributed by atoms with Crippen LogP contribution in [-0.4, -0.2) is 31.1 Å². The van der Waals surface area contributed by atoms with Crippen LogP contribution < -0.4 is 15.4 Å². The van der Waals surface area contributed by atoms with Crippen LogP contribution in [0.3, 0.4) is 0 Å². The van der Waals surface area contributed by atoms with E-state index in [9.17, 15) is 0 Å². The highest BCUT2D eigenvalue weighted by Gasteiger charge is 2.11. The van der Waals surface area contributed by atoms with Crippen molar-refractivity contribution in [2.75, 3.05) is 14.2 Å². The molecule has 6 heteroatoms. The number of nitrogens with one attached hydrogen (secondary N) is 2. The van der Waals surface area contributed by atoms with Crippen molar-refractivity contribution < 1.29 is 4.74 Å². The van der Waals surface area contributed by atoms with E-state index in [1.54, 1.807) is 14.2 Å². The van der Waals surface area contributed by atoms with E-state index in [1.807, 2.05) is 18.2 Å². The Bertz CT molecular complexity index is 468. The molecule has 0 amide bonds. The molecular formula is C14H21IN4O. The van der Waals surface area contributed by atoms with E-state index < -0.39 is 0 Å². The van der Waals surface area contributed by atoms with E-state index in [0.29, 0.717) is 18.5 Å². The van der Waals surface area contributed by atoms with Crippen molar-refractivity contribution in [2.45, 2.75) is 25.4 Å². The molecule has 0 bridgehead atoms. The monoisotopic (exact) mass is 388 g/mol. The Morgan fingerprint density at radius 1 is 1.40 bits per heavy atom. The molecule has 1 aliphatic rings. The van der Waals surface area contributed by atoms with E-state index in [2.05, 4.69) is 32.8 Å². The summed E-state index contributed by atoms with van der Waals surface area (Å²) in [4.78, 5) is 8.57. The summed E-state index contributed by atoms with van der Waals surface area (Å²) in [6, 6.07) is 6.17. The lowest BCUT2D eigenvalue weighted by molar-refractivity contribution is 0.396. The predicted molar refractivity (Wildman–Crippen MR) is 91.7 cm³/mol. The number of methoxy groups -OCH3 is 1. The van der Waals surface area contributed by atoms with Crippen LogP contribution in [0.2, 0.25) is 0 Å². The second-order valence-corrected chi connectivity index (χ2v) is 4.38. The van der Waals surface area contributed by atoms with Gasteiger partial charge >= 0.3 is 0 Å². The van der Waals surface area contributed by atoms with Crippen LogP contribution in [0.5, 0.6) is 5.88 Å². The van der Waals surface area contributed by atoms with Gasteiger partial charge in [0.25, 0.3) is 0 Å². The molecule has 0 unspecified atom stereocenters. The number of guanidine groups is 1. The van der Waals surface area contributed by atoms with Gasteiger partial charge in [0.2, 0.25) is 5.88 Å². The first-order valence-corrected chi connectivity index (χ1v) is 6.44. The lowest BCUT2D eigenvalue weighted by atomic mass is 10.2. The molecule has 0 spiro atoms. The van der Waals surface area contributed by atoms with Gasteiger partial charge in [0.05, 0.1) is 19.3 Å². The van der Waals surface area contributed by atoms with Crippen LogP contribution in [-0.2, 0) is 6.54 Å². The number of hydrogen-bond donors (Lipinski definition) is 2. The quantitative estimate of drug-likeness (QED) is 0.359. The zero-order valence-electron chi connectivity index (χ0n) is 11.8. The number of pyridine rings is 1. The third-order valence-corrected chi connectivity index (χ3v) is 3.00. The average Bonchev–Trinajstić information content (AvgIpc) is 2.96. The van der Waals surface area contributed by atoms with Crippen molar-refractivity contribution in [1.82, 2.24) is 15.6 Å². The summed E-state index contributed by atoms with van der Waals surface area (Å²) in [5, 5.41) is 6.64. The van der Waals surface area contributed by atoms with Crippen molar-refractivity contribution in [3.05, 3.63) is 36.0 Å². The minimum atomic E-state index is 0. The van der Waals surface area contributed by atoms with Gasteiger partial charge in [-0.2, -0.15) is 0 Å². The molecular weight excluding hydrogens is 367 g/mol. The number of ether oxygens (including phenoxy) is 1. The molecule has 0 saturated carbocycles. The second kappa shape index (κ2) is 8.78. The fourth-order valence-corrected chi connectivity index (χ4v) is 1.97. The van der Waals surface area contributed by atoms with Crippen LogP contribution in [0.15, 0.2) is 35.3 Å². The second-order valence-electron chi connectivity index (χ2n) is 4.38. The fourth-order valence-electron chi connectivity index (χ4n) is 1.97.